The van der Waals surface area contributed by atoms with E-state index in [4.69, 9.17) is 10.5 Å². The largest absolute Gasteiger partial charge is 0.490 e. The second kappa shape index (κ2) is 3.49. The molecule has 0 bridgehead atoms. The number of rotatable bonds is 3. The summed E-state index contributed by atoms with van der Waals surface area (Å²) in [5.41, 5.74) is 9.16. The van der Waals surface area contributed by atoms with Gasteiger partial charge in [0, 0.05) is 17.5 Å². The number of ether oxygens (including phenoxy) is 1. The summed E-state index contributed by atoms with van der Waals surface area (Å²) in [7, 11) is 0. The summed E-state index contributed by atoms with van der Waals surface area (Å²) in [6, 6.07) is 6.41. The van der Waals surface area contributed by atoms with E-state index < -0.39 is 0 Å². The van der Waals surface area contributed by atoms with Gasteiger partial charge in [-0.3, -0.25) is 0 Å². The number of fused-ring (bicyclic) bond motifs is 1. The van der Waals surface area contributed by atoms with E-state index in [2.05, 4.69) is 25.1 Å². The Balaban J connectivity index is 1.77. The lowest BCUT2D eigenvalue weighted by Crippen LogP contribution is -2.22. The van der Waals surface area contributed by atoms with Crippen LogP contribution in [0.15, 0.2) is 18.2 Å². The number of hydrogen-bond acceptors (Lipinski definition) is 2. The van der Waals surface area contributed by atoms with Crippen LogP contribution in [0.5, 0.6) is 5.75 Å². The van der Waals surface area contributed by atoms with Crippen LogP contribution in [0.25, 0.3) is 0 Å². The van der Waals surface area contributed by atoms with Gasteiger partial charge in [0.1, 0.15) is 11.9 Å². The third kappa shape index (κ3) is 1.82. The molecule has 1 aliphatic heterocycles. The van der Waals surface area contributed by atoms with Crippen molar-refractivity contribution in [3.63, 3.8) is 0 Å². The molecule has 1 atom stereocenters. The molecule has 86 valence electrons. The first-order valence-corrected chi connectivity index (χ1v) is 6.23. The third-order valence-corrected chi connectivity index (χ3v) is 3.83. The Hall–Kier alpha value is -1.02. The molecule has 1 heterocycles. The SMILES string of the molecule is CC1Cc2c(CCC3(N)CC3)cccc2O1. The van der Waals surface area contributed by atoms with E-state index >= 15 is 0 Å². The third-order valence-electron chi connectivity index (χ3n) is 3.83. The van der Waals surface area contributed by atoms with Gasteiger partial charge in [-0.2, -0.15) is 0 Å². The Bertz CT molecular complexity index is 409. The Labute approximate surface area is 96.8 Å². The zero-order valence-electron chi connectivity index (χ0n) is 9.83. The average Bonchev–Trinajstić information content (AvgIpc) is 2.86. The highest BCUT2D eigenvalue weighted by atomic mass is 16.5. The van der Waals surface area contributed by atoms with Crippen LogP contribution in [0.1, 0.15) is 37.3 Å². The Morgan fingerprint density at radius 1 is 1.44 bits per heavy atom. The highest BCUT2D eigenvalue weighted by molar-refractivity contribution is 5.43. The standard InChI is InChI=1S/C14H19NO/c1-10-9-12-11(3-2-4-13(12)16-10)5-6-14(15)7-8-14/h2-4,10H,5-9,15H2,1H3. The molecule has 1 aliphatic carbocycles. The molecule has 2 aliphatic rings. The van der Waals surface area contributed by atoms with Crippen LogP contribution in [-0.4, -0.2) is 11.6 Å². The smallest absolute Gasteiger partial charge is 0.123 e. The van der Waals surface area contributed by atoms with E-state index in [0.29, 0.717) is 6.10 Å². The van der Waals surface area contributed by atoms with E-state index in [1.54, 1.807) is 0 Å². The molecule has 0 saturated heterocycles. The maximum Gasteiger partial charge on any atom is 0.123 e. The maximum absolute atomic E-state index is 6.14. The van der Waals surface area contributed by atoms with Crippen molar-refractivity contribution in [3.05, 3.63) is 29.3 Å². The lowest BCUT2D eigenvalue weighted by molar-refractivity contribution is 0.254. The van der Waals surface area contributed by atoms with Gasteiger partial charge in [-0.15, -0.1) is 0 Å². The fraction of sp³-hybridized carbons (Fsp3) is 0.571. The summed E-state index contributed by atoms with van der Waals surface area (Å²) in [4.78, 5) is 0. The number of benzene rings is 1. The second-order valence-electron chi connectivity index (χ2n) is 5.39. The van der Waals surface area contributed by atoms with Crippen LogP contribution in [0.3, 0.4) is 0 Å². The first-order valence-electron chi connectivity index (χ1n) is 6.23. The van der Waals surface area contributed by atoms with E-state index in [1.807, 2.05) is 0 Å². The van der Waals surface area contributed by atoms with Crippen LogP contribution in [-0.2, 0) is 12.8 Å². The number of aryl methyl sites for hydroxylation is 1. The monoisotopic (exact) mass is 217 g/mol. The summed E-state index contributed by atoms with van der Waals surface area (Å²) in [5, 5.41) is 0. The minimum atomic E-state index is 0.161. The normalized spacial score (nSPS) is 25.0. The zero-order valence-corrected chi connectivity index (χ0v) is 9.83. The average molecular weight is 217 g/mol. The lowest BCUT2D eigenvalue weighted by atomic mass is 9.97. The fourth-order valence-electron chi connectivity index (χ4n) is 2.53. The minimum absolute atomic E-state index is 0.161. The van der Waals surface area contributed by atoms with Crippen molar-refractivity contribution in [1.82, 2.24) is 0 Å². The Morgan fingerprint density at radius 3 is 3.00 bits per heavy atom. The molecule has 1 aromatic rings. The summed E-state index contributed by atoms with van der Waals surface area (Å²) in [6.07, 6.45) is 6.03. The van der Waals surface area contributed by atoms with Crippen molar-refractivity contribution in [1.29, 1.82) is 0 Å². The van der Waals surface area contributed by atoms with Crippen LogP contribution in [0, 0.1) is 0 Å². The van der Waals surface area contributed by atoms with E-state index in [1.165, 1.54) is 24.0 Å². The quantitative estimate of drug-likeness (QED) is 0.844. The van der Waals surface area contributed by atoms with Gasteiger partial charge in [0.05, 0.1) is 0 Å². The highest BCUT2D eigenvalue weighted by Gasteiger charge is 2.37. The Morgan fingerprint density at radius 2 is 2.25 bits per heavy atom. The van der Waals surface area contributed by atoms with Gasteiger partial charge < -0.3 is 10.5 Å². The topological polar surface area (TPSA) is 35.2 Å². The van der Waals surface area contributed by atoms with Crippen LogP contribution < -0.4 is 10.5 Å². The predicted octanol–water partition coefficient (Wildman–Crippen LogP) is 2.43. The number of hydrogen-bond donors (Lipinski definition) is 1. The molecule has 0 amide bonds. The molecule has 0 spiro atoms. The molecule has 16 heavy (non-hydrogen) atoms. The van der Waals surface area contributed by atoms with Crippen molar-refractivity contribution in [2.24, 2.45) is 5.73 Å². The minimum Gasteiger partial charge on any atom is -0.490 e. The van der Waals surface area contributed by atoms with Crippen molar-refractivity contribution in [2.75, 3.05) is 0 Å². The van der Waals surface area contributed by atoms with Crippen LogP contribution in [0.2, 0.25) is 0 Å². The van der Waals surface area contributed by atoms with Gasteiger partial charge in [-0.05, 0) is 44.2 Å². The maximum atomic E-state index is 6.14. The molecule has 2 heteroatoms. The van der Waals surface area contributed by atoms with Gasteiger partial charge >= 0.3 is 0 Å². The fourth-order valence-corrected chi connectivity index (χ4v) is 2.53. The predicted molar refractivity (Wildman–Crippen MR) is 64.7 cm³/mol. The summed E-state index contributed by atoms with van der Waals surface area (Å²) >= 11 is 0. The van der Waals surface area contributed by atoms with Gasteiger partial charge in [-0.1, -0.05) is 12.1 Å². The molecule has 1 saturated carbocycles. The molecule has 2 nitrogen and oxygen atoms in total. The van der Waals surface area contributed by atoms with Gasteiger partial charge in [0.25, 0.3) is 0 Å². The molecule has 2 N–H and O–H groups in total. The molecule has 1 unspecified atom stereocenters. The van der Waals surface area contributed by atoms with Gasteiger partial charge in [-0.25, -0.2) is 0 Å². The Kier molecular flexibility index (Phi) is 2.21. The molecule has 1 aromatic carbocycles. The van der Waals surface area contributed by atoms with E-state index in [-0.39, 0.29) is 5.54 Å². The second-order valence-corrected chi connectivity index (χ2v) is 5.39. The highest BCUT2D eigenvalue weighted by Crippen LogP contribution is 2.38. The molecule has 0 radical (unpaired) electrons. The molecule has 1 fully saturated rings. The summed E-state index contributed by atoms with van der Waals surface area (Å²) in [6.45, 7) is 2.13. The first kappa shape index (κ1) is 10.2. The van der Waals surface area contributed by atoms with Crippen molar-refractivity contribution in [3.8, 4) is 5.75 Å². The van der Waals surface area contributed by atoms with Crippen molar-refractivity contribution >= 4 is 0 Å². The molecular formula is C14H19NO. The van der Waals surface area contributed by atoms with Crippen molar-refractivity contribution < 1.29 is 4.74 Å². The summed E-state index contributed by atoms with van der Waals surface area (Å²) < 4.78 is 5.76. The van der Waals surface area contributed by atoms with E-state index in [9.17, 15) is 0 Å². The van der Waals surface area contributed by atoms with Crippen LogP contribution >= 0.6 is 0 Å². The molecular weight excluding hydrogens is 198 g/mol. The number of nitrogens with two attached hydrogens (primary N) is 1. The van der Waals surface area contributed by atoms with E-state index in [0.717, 1.165) is 25.0 Å². The van der Waals surface area contributed by atoms with Crippen LogP contribution in [0.4, 0.5) is 0 Å². The first-order chi connectivity index (χ1) is 7.66. The van der Waals surface area contributed by atoms with Gasteiger partial charge in [0.2, 0.25) is 0 Å². The molecule has 0 aromatic heterocycles. The molecule has 3 rings (SSSR count). The lowest BCUT2D eigenvalue weighted by Gasteiger charge is -2.10. The zero-order chi connectivity index (χ0) is 11.2. The summed E-state index contributed by atoms with van der Waals surface area (Å²) in [5.74, 6) is 1.09. The van der Waals surface area contributed by atoms with Gasteiger partial charge in [0.15, 0.2) is 0 Å². The van der Waals surface area contributed by atoms with Crippen molar-refractivity contribution in [2.45, 2.75) is 50.7 Å².